The molecule has 0 radical (unpaired) electrons. The average Bonchev–Trinajstić information content (AvgIpc) is 2.70. The van der Waals surface area contributed by atoms with Crippen LogP contribution in [0.15, 0.2) is 41.3 Å². The van der Waals surface area contributed by atoms with Gasteiger partial charge in [-0.25, -0.2) is 0 Å². The Bertz CT molecular complexity index is 959. The number of carbonyl (C=O) groups excluding carboxylic acids is 2. The molecule has 0 bridgehead atoms. The standard InChI is InChI=1S/C22H27N3O4/c1-15-7-9-25(10-8-15)21(27)17-12-19(22(28)24(3)13-17)23-20(26)14-29-18-6-4-5-16(2)11-18/h4-6,11-13,15H,7-10,14H2,1-3H3,(H,23,26). The third-order valence-electron chi connectivity index (χ3n) is 5.13. The SMILES string of the molecule is Cc1cccc(OCC(=O)Nc2cc(C(=O)N3CCC(C)CC3)cn(C)c2=O)c1. The molecule has 1 aliphatic rings. The number of hydrogen-bond acceptors (Lipinski definition) is 4. The summed E-state index contributed by atoms with van der Waals surface area (Å²) in [4.78, 5) is 39.3. The number of rotatable bonds is 5. The number of piperidine rings is 1. The van der Waals surface area contributed by atoms with E-state index in [1.165, 1.54) is 16.8 Å². The molecule has 7 heteroatoms. The Morgan fingerprint density at radius 2 is 1.93 bits per heavy atom. The molecule has 2 heterocycles. The van der Waals surface area contributed by atoms with Crippen molar-refractivity contribution in [3.05, 3.63) is 58.0 Å². The van der Waals surface area contributed by atoms with Gasteiger partial charge < -0.3 is 19.5 Å². The van der Waals surface area contributed by atoms with Crippen molar-refractivity contribution in [3.63, 3.8) is 0 Å². The zero-order valence-electron chi connectivity index (χ0n) is 17.1. The lowest BCUT2D eigenvalue weighted by molar-refractivity contribution is -0.118. The number of amides is 2. The van der Waals surface area contributed by atoms with E-state index in [1.807, 2.05) is 25.1 Å². The van der Waals surface area contributed by atoms with Gasteiger partial charge in [0.25, 0.3) is 17.4 Å². The summed E-state index contributed by atoms with van der Waals surface area (Å²) in [5.41, 5.74) is 1.10. The van der Waals surface area contributed by atoms with E-state index < -0.39 is 5.91 Å². The first kappa shape index (κ1) is 20.6. The number of nitrogens with zero attached hydrogens (tertiary/aromatic N) is 2. The number of benzene rings is 1. The number of aryl methyl sites for hydroxylation is 2. The van der Waals surface area contributed by atoms with E-state index in [4.69, 9.17) is 4.74 Å². The quantitative estimate of drug-likeness (QED) is 0.841. The van der Waals surface area contributed by atoms with Gasteiger partial charge in [-0.3, -0.25) is 14.4 Å². The Hall–Kier alpha value is -3.09. The first-order valence-corrected chi connectivity index (χ1v) is 9.83. The zero-order valence-corrected chi connectivity index (χ0v) is 17.1. The summed E-state index contributed by atoms with van der Waals surface area (Å²) in [6.07, 6.45) is 3.45. The molecule has 1 aliphatic heterocycles. The maximum atomic E-state index is 12.8. The van der Waals surface area contributed by atoms with Crippen molar-refractivity contribution < 1.29 is 14.3 Å². The second-order valence-corrected chi connectivity index (χ2v) is 7.69. The highest BCUT2D eigenvalue weighted by atomic mass is 16.5. The van der Waals surface area contributed by atoms with Crippen molar-refractivity contribution in [1.82, 2.24) is 9.47 Å². The molecule has 0 aliphatic carbocycles. The van der Waals surface area contributed by atoms with Crippen LogP contribution in [0.5, 0.6) is 5.75 Å². The fourth-order valence-corrected chi connectivity index (χ4v) is 3.35. The number of carbonyl (C=O) groups is 2. The normalized spacial score (nSPS) is 14.5. The van der Waals surface area contributed by atoms with Gasteiger partial charge in [-0.05, 0) is 49.4 Å². The minimum atomic E-state index is -0.458. The molecule has 2 amide bonds. The number of nitrogens with one attached hydrogen (secondary N) is 1. The molecule has 1 N–H and O–H groups in total. The maximum absolute atomic E-state index is 12.8. The number of pyridine rings is 1. The summed E-state index contributed by atoms with van der Waals surface area (Å²) < 4.78 is 6.79. The number of hydrogen-bond donors (Lipinski definition) is 1. The minimum absolute atomic E-state index is 0.0709. The van der Waals surface area contributed by atoms with Crippen LogP contribution in [-0.2, 0) is 11.8 Å². The molecule has 29 heavy (non-hydrogen) atoms. The molecule has 0 atom stereocenters. The summed E-state index contributed by atoms with van der Waals surface area (Å²) in [6.45, 7) is 5.29. The smallest absolute Gasteiger partial charge is 0.274 e. The largest absolute Gasteiger partial charge is 0.484 e. The first-order valence-electron chi connectivity index (χ1n) is 9.83. The Morgan fingerprint density at radius 3 is 2.62 bits per heavy atom. The molecule has 0 spiro atoms. The van der Waals surface area contributed by atoms with Crippen LogP contribution < -0.4 is 15.6 Å². The van der Waals surface area contributed by atoms with Gasteiger partial charge in [-0.15, -0.1) is 0 Å². The van der Waals surface area contributed by atoms with Crippen LogP contribution in [0.3, 0.4) is 0 Å². The van der Waals surface area contributed by atoms with Gasteiger partial charge in [0.15, 0.2) is 6.61 Å². The Morgan fingerprint density at radius 1 is 1.21 bits per heavy atom. The van der Waals surface area contributed by atoms with Crippen LogP contribution >= 0.6 is 0 Å². The van der Waals surface area contributed by atoms with Crippen LogP contribution in [0.1, 0.15) is 35.7 Å². The summed E-state index contributed by atoms with van der Waals surface area (Å²) >= 11 is 0. The molecular weight excluding hydrogens is 370 g/mol. The predicted octanol–water partition coefficient (Wildman–Crippen LogP) is 2.58. The molecule has 154 valence electrons. The predicted molar refractivity (Wildman–Crippen MR) is 111 cm³/mol. The molecule has 1 aromatic heterocycles. The first-order chi connectivity index (χ1) is 13.8. The Labute approximate surface area is 170 Å². The fourth-order valence-electron chi connectivity index (χ4n) is 3.35. The Balaban J connectivity index is 1.69. The van der Waals surface area contributed by atoms with E-state index in [0.717, 1.165) is 18.4 Å². The van der Waals surface area contributed by atoms with Crippen molar-refractivity contribution in [1.29, 1.82) is 0 Å². The van der Waals surface area contributed by atoms with Crippen LogP contribution in [-0.4, -0.2) is 41.0 Å². The second kappa shape index (κ2) is 8.94. The summed E-state index contributed by atoms with van der Waals surface area (Å²) in [5.74, 6) is 0.609. The molecule has 2 aromatic rings. The number of likely N-dealkylation sites (tertiary alicyclic amines) is 1. The van der Waals surface area contributed by atoms with Gasteiger partial charge in [0.05, 0.1) is 5.56 Å². The van der Waals surface area contributed by atoms with E-state index in [9.17, 15) is 14.4 Å². The summed E-state index contributed by atoms with van der Waals surface area (Å²) in [7, 11) is 1.57. The van der Waals surface area contributed by atoms with Gasteiger partial charge in [-0.1, -0.05) is 19.1 Å². The molecule has 1 saturated heterocycles. The van der Waals surface area contributed by atoms with Gasteiger partial charge in [0.1, 0.15) is 11.4 Å². The fraction of sp³-hybridized carbons (Fsp3) is 0.409. The van der Waals surface area contributed by atoms with Crippen LogP contribution in [0.2, 0.25) is 0 Å². The van der Waals surface area contributed by atoms with E-state index in [2.05, 4.69) is 12.2 Å². The highest BCUT2D eigenvalue weighted by Crippen LogP contribution is 2.19. The molecule has 7 nitrogen and oxygen atoms in total. The van der Waals surface area contributed by atoms with Crippen molar-refractivity contribution in [3.8, 4) is 5.75 Å². The lowest BCUT2D eigenvalue weighted by Crippen LogP contribution is -2.38. The molecule has 3 rings (SSSR count). The molecular formula is C22H27N3O4. The van der Waals surface area contributed by atoms with Crippen molar-refractivity contribution in [2.24, 2.45) is 13.0 Å². The Kier molecular flexibility index (Phi) is 6.36. The van der Waals surface area contributed by atoms with Gasteiger partial charge >= 0.3 is 0 Å². The molecule has 0 saturated carbocycles. The topological polar surface area (TPSA) is 80.6 Å². The highest BCUT2D eigenvalue weighted by molar-refractivity contribution is 5.97. The van der Waals surface area contributed by atoms with E-state index >= 15 is 0 Å². The van der Waals surface area contributed by atoms with Crippen LogP contribution in [0, 0.1) is 12.8 Å². The second-order valence-electron chi connectivity index (χ2n) is 7.69. The van der Waals surface area contributed by atoms with E-state index in [0.29, 0.717) is 30.3 Å². The van der Waals surface area contributed by atoms with E-state index in [1.54, 1.807) is 18.0 Å². The summed E-state index contributed by atoms with van der Waals surface area (Å²) in [5, 5.41) is 2.57. The van der Waals surface area contributed by atoms with Gasteiger partial charge in [0.2, 0.25) is 0 Å². The third kappa shape index (κ3) is 5.25. The number of aromatic nitrogens is 1. The lowest BCUT2D eigenvalue weighted by atomic mass is 9.99. The monoisotopic (exact) mass is 397 g/mol. The average molecular weight is 397 g/mol. The van der Waals surface area contributed by atoms with Crippen LogP contribution in [0.25, 0.3) is 0 Å². The molecule has 0 unspecified atom stereocenters. The third-order valence-corrected chi connectivity index (χ3v) is 5.13. The van der Waals surface area contributed by atoms with Crippen molar-refractivity contribution in [2.75, 3.05) is 25.0 Å². The van der Waals surface area contributed by atoms with Crippen molar-refractivity contribution in [2.45, 2.75) is 26.7 Å². The number of anilines is 1. The lowest BCUT2D eigenvalue weighted by Gasteiger charge is -2.30. The van der Waals surface area contributed by atoms with E-state index in [-0.39, 0.29) is 23.8 Å². The number of ether oxygens (including phenoxy) is 1. The zero-order chi connectivity index (χ0) is 21.0. The minimum Gasteiger partial charge on any atom is -0.484 e. The highest BCUT2D eigenvalue weighted by Gasteiger charge is 2.23. The summed E-state index contributed by atoms with van der Waals surface area (Å²) in [6, 6.07) is 8.81. The maximum Gasteiger partial charge on any atom is 0.274 e. The molecule has 1 aromatic carbocycles. The van der Waals surface area contributed by atoms with Gasteiger partial charge in [-0.2, -0.15) is 0 Å². The van der Waals surface area contributed by atoms with Gasteiger partial charge in [0, 0.05) is 26.3 Å². The van der Waals surface area contributed by atoms with Crippen LogP contribution in [0.4, 0.5) is 5.69 Å². The molecule has 1 fully saturated rings. The van der Waals surface area contributed by atoms with Crippen molar-refractivity contribution >= 4 is 17.5 Å².